The molecule has 0 aliphatic heterocycles. The molecule has 1 unspecified atom stereocenters. The summed E-state index contributed by atoms with van der Waals surface area (Å²) in [6, 6.07) is 5.77. The number of amides is 1. The van der Waals surface area contributed by atoms with Gasteiger partial charge in [0, 0.05) is 7.05 Å². The Hall–Kier alpha value is -2.08. The molecule has 0 aliphatic carbocycles. The maximum absolute atomic E-state index is 11.9. The molecule has 0 aliphatic rings. The predicted octanol–water partition coefficient (Wildman–Crippen LogP) is 0.460. The summed E-state index contributed by atoms with van der Waals surface area (Å²) in [5.41, 5.74) is 5.90. The summed E-state index contributed by atoms with van der Waals surface area (Å²) in [6.07, 6.45) is -0.260. The van der Waals surface area contributed by atoms with Crippen molar-refractivity contribution in [2.24, 2.45) is 5.73 Å². The van der Waals surface area contributed by atoms with Crippen LogP contribution in [0.15, 0.2) is 24.3 Å². The Morgan fingerprint density at radius 1 is 1.44 bits per heavy atom. The molecule has 1 amide bonds. The summed E-state index contributed by atoms with van der Waals surface area (Å²) >= 11 is 0. The molecule has 0 fully saturated rings. The predicted molar refractivity (Wildman–Crippen MR) is 66.6 cm³/mol. The summed E-state index contributed by atoms with van der Waals surface area (Å²) in [5, 5.41) is 8.66. The van der Waals surface area contributed by atoms with Gasteiger partial charge in [-0.25, -0.2) is 0 Å². The third kappa shape index (κ3) is 3.21. The van der Waals surface area contributed by atoms with Crippen molar-refractivity contribution in [3.05, 3.63) is 24.3 Å². The lowest BCUT2D eigenvalue weighted by Crippen LogP contribution is -2.38. The molecule has 0 aromatic heterocycles. The van der Waals surface area contributed by atoms with Crippen LogP contribution in [0.2, 0.25) is 0 Å². The zero-order valence-corrected chi connectivity index (χ0v) is 10.3. The van der Waals surface area contributed by atoms with Gasteiger partial charge in [-0.05, 0) is 12.1 Å². The van der Waals surface area contributed by atoms with Crippen LogP contribution in [0, 0.1) is 0 Å². The second-order valence-electron chi connectivity index (χ2n) is 3.77. The zero-order valence-electron chi connectivity index (χ0n) is 10.3. The van der Waals surface area contributed by atoms with Crippen LogP contribution in [0.4, 0.5) is 5.69 Å². The molecule has 6 heteroatoms. The number of methoxy groups -OCH3 is 1. The molecule has 0 radical (unpaired) electrons. The van der Waals surface area contributed by atoms with Crippen molar-refractivity contribution in [1.82, 2.24) is 0 Å². The first kappa shape index (κ1) is 14.0. The lowest BCUT2D eigenvalue weighted by Gasteiger charge is -2.20. The number of anilines is 1. The maximum atomic E-state index is 11.9. The van der Waals surface area contributed by atoms with Gasteiger partial charge in [-0.15, -0.1) is 0 Å². The Morgan fingerprint density at radius 3 is 2.61 bits per heavy atom. The number of carboxylic acid groups (broad SMARTS) is 1. The van der Waals surface area contributed by atoms with Crippen LogP contribution in [-0.4, -0.2) is 37.2 Å². The molecule has 0 saturated carbocycles. The van der Waals surface area contributed by atoms with Crippen molar-refractivity contribution >= 4 is 17.6 Å². The van der Waals surface area contributed by atoms with Crippen molar-refractivity contribution < 1.29 is 19.4 Å². The minimum atomic E-state index is -1.20. The van der Waals surface area contributed by atoms with E-state index in [0.29, 0.717) is 11.4 Å². The van der Waals surface area contributed by atoms with Crippen molar-refractivity contribution in [3.8, 4) is 5.75 Å². The Kier molecular flexibility index (Phi) is 4.67. The van der Waals surface area contributed by atoms with E-state index in [1.54, 1.807) is 31.3 Å². The molecule has 1 rings (SSSR count). The molecule has 18 heavy (non-hydrogen) atoms. The van der Waals surface area contributed by atoms with Gasteiger partial charge in [0.05, 0.1) is 19.2 Å². The van der Waals surface area contributed by atoms with Gasteiger partial charge in [0.1, 0.15) is 11.8 Å². The Bertz CT molecular complexity index is 447. The van der Waals surface area contributed by atoms with Gasteiger partial charge in [0.2, 0.25) is 5.91 Å². The van der Waals surface area contributed by atoms with E-state index in [1.807, 2.05) is 0 Å². The largest absolute Gasteiger partial charge is 0.495 e. The van der Waals surface area contributed by atoms with E-state index in [0.717, 1.165) is 0 Å². The molecule has 1 aromatic rings. The van der Waals surface area contributed by atoms with E-state index in [2.05, 4.69) is 0 Å². The SMILES string of the molecule is COc1ccccc1N(C)C(=O)CC(N)C(=O)O. The molecular formula is C12H16N2O4. The molecule has 0 spiro atoms. The average Bonchev–Trinajstić information content (AvgIpc) is 2.37. The monoisotopic (exact) mass is 252 g/mol. The number of para-hydroxylation sites is 2. The van der Waals surface area contributed by atoms with Gasteiger partial charge >= 0.3 is 5.97 Å². The molecule has 0 heterocycles. The topological polar surface area (TPSA) is 92.9 Å². The number of carbonyl (C=O) groups is 2. The van der Waals surface area contributed by atoms with Crippen LogP contribution in [0.1, 0.15) is 6.42 Å². The van der Waals surface area contributed by atoms with Gasteiger partial charge in [-0.3, -0.25) is 9.59 Å². The van der Waals surface area contributed by atoms with Gasteiger partial charge in [-0.1, -0.05) is 12.1 Å². The van der Waals surface area contributed by atoms with Gasteiger partial charge < -0.3 is 20.5 Å². The first-order chi connectivity index (χ1) is 8.47. The van der Waals surface area contributed by atoms with E-state index < -0.39 is 12.0 Å². The quantitative estimate of drug-likeness (QED) is 0.794. The molecule has 98 valence electrons. The Labute approximate surface area is 105 Å². The fourth-order valence-corrected chi connectivity index (χ4v) is 1.45. The number of benzene rings is 1. The number of hydrogen-bond acceptors (Lipinski definition) is 4. The number of nitrogens with zero attached hydrogens (tertiary/aromatic N) is 1. The highest BCUT2D eigenvalue weighted by Crippen LogP contribution is 2.26. The maximum Gasteiger partial charge on any atom is 0.321 e. The smallest absolute Gasteiger partial charge is 0.321 e. The van der Waals surface area contributed by atoms with Crippen molar-refractivity contribution in [3.63, 3.8) is 0 Å². The van der Waals surface area contributed by atoms with Gasteiger partial charge in [0.25, 0.3) is 0 Å². The number of ether oxygens (including phenoxy) is 1. The van der Waals surface area contributed by atoms with E-state index in [1.165, 1.54) is 12.0 Å². The normalized spacial score (nSPS) is 11.7. The Morgan fingerprint density at radius 2 is 2.06 bits per heavy atom. The average molecular weight is 252 g/mol. The van der Waals surface area contributed by atoms with Crippen LogP contribution in [0.5, 0.6) is 5.75 Å². The summed E-state index contributed by atoms with van der Waals surface area (Å²) in [5.74, 6) is -1.04. The highest BCUT2D eigenvalue weighted by Gasteiger charge is 2.21. The molecule has 0 saturated heterocycles. The van der Waals surface area contributed by atoms with Crippen LogP contribution in [-0.2, 0) is 9.59 Å². The summed E-state index contributed by atoms with van der Waals surface area (Å²) in [4.78, 5) is 23.8. The summed E-state index contributed by atoms with van der Waals surface area (Å²) in [7, 11) is 3.05. The van der Waals surface area contributed by atoms with Crippen LogP contribution < -0.4 is 15.4 Å². The fraction of sp³-hybridized carbons (Fsp3) is 0.333. The van der Waals surface area contributed by atoms with Gasteiger partial charge in [-0.2, -0.15) is 0 Å². The minimum Gasteiger partial charge on any atom is -0.495 e. The minimum absolute atomic E-state index is 0.260. The molecule has 0 bridgehead atoms. The first-order valence-corrected chi connectivity index (χ1v) is 5.35. The molecule has 6 nitrogen and oxygen atoms in total. The van der Waals surface area contributed by atoms with E-state index >= 15 is 0 Å². The number of aliphatic carboxylic acids is 1. The summed E-state index contributed by atoms with van der Waals surface area (Å²) < 4.78 is 5.13. The molecule has 1 aromatic carbocycles. The second kappa shape index (κ2) is 6.02. The molecule has 1 atom stereocenters. The summed E-state index contributed by atoms with van der Waals surface area (Å²) in [6.45, 7) is 0. The van der Waals surface area contributed by atoms with Gasteiger partial charge in [0.15, 0.2) is 0 Å². The number of rotatable bonds is 5. The number of carboxylic acids is 1. The van der Waals surface area contributed by atoms with Crippen molar-refractivity contribution in [2.45, 2.75) is 12.5 Å². The molecule has 3 N–H and O–H groups in total. The lowest BCUT2D eigenvalue weighted by molar-refractivity contribution is -0.140. The van der Waals surface area contributed by atoms with E-state index in [4.69, 9.17) is 15.6 Å². The molecular weight excluding hydrogens is 236 g/mol. The third-order valence-corrected chi connectivity index (χ3v) is 2.53. The zero-order chi connectivity index (χ0) is 13.7. The standard InChI is InChI=1S/C12H16N2O4/c1-14(11(15)7-8(13)12(16)17)9-5-3-4-6-10(9)18-2/h3-6,8H,7,13H2,1-2H3,(H,16,17). The Balaban J connectivity index is 2.83. The third-order valence-electron chi connectivity index (χ3n) is 2.53. The highest BCUT2D eigenvalue weighted by atomic mass is 16.5. The number of nitrogens with two attached hydrogens (primary N) is 1. The lowest BCUT2D eigenvalue weighted by atomic mass is 10.2. The second-order valence-corrected chi connectivity index (χ2v) is 3.77. The fourth-order valence-electron chi connectivity index (χ4n) is 1.45. The van der Waals surface area contributed by atoms with Crippen LogP contribution in [0.25, 0.3) is 0 Å². The highest BCUT2D eigenvalue weighted by molar-refractivity contribution is 5.96. The van der Waals surface area contributed by atoms with Crippen molar-refractivity contribution in [1.29, 1.82) is 0 Å². The van der Waals surface area contributed by atoms with Crippen molar-refractivity contribution in [2.75, 3.05) is 19.1 Å². The van der Waals surface area contributed by atoms with Crippen LogP contribution in [0.3, 0.4) is 0 Å². The van der Waals surface area contributed by atoms with Crippen LogP contribution >= 0.6 is 0 Å². The number of carbonyl (C=O) groups excluding carboxylic acids is 1. The van der Waals surface area contributed by atoms with E-state index in [-0.39, 0.29) is 12.3 Å². The number of hydrogen-bond donors (Lipinski definition) is 2. The first-order valence-electron chi connectivity index (χ1n) is 5.35. The van der Waals surface area contributed by atoms with E-state index in [9.17, 15) is 9.59 Å².